The summed E-state index contributed by atoms with van der Waals surface area (Å²) in [5.41, 5.74) is 1.22. The molecule has 2 atom stereocenters. The van der Waals surface area contributed by atoms with Crippen LogP contribution in [0.15, 0.2) is 30.3 Å². The van der Waals surface area contributed by atoms with E-state index in [9.17, 15) is 0 Å². The van der Waals surface area contributed by atoms with Crippen LogP contribution in [-0.2, 0) is 11.3 Å². The van der Waals surface area contributed by atoms with Gasteiger partial charge in [0.25, 0.3) is 0 Å². The van der Waals surface area contributed by atoms with E-state index in [0.717, 1.165) is 19.6 Å². The molecule has 1 aromatic rings. The molecule has 0 aromatic heterocycles. The first-order valence-corrected chi connectivity index (χ1v) is 5.89. The molecule has 1 radical (unpaired) electrons. The molecule has 1 aliphatic rings. The fraction of sp³-hybridized carbons (Fsp3) is 0.538. The molecule has 1 fully saturated rings. The number of benzene rings is 1. The zero-order chi connectivity index (χ0) is 11.2. The number of nitrogens with zero attached hydrogens (tertiary/aromatic N) is 1. The third-order valence-electron chi connectivity index (χ3n) is 2.90. The maximum absolute atomic E-state index is 5.83. The average molecular weight is 219 g/mol. The number of hydrogen-bond donors (Lipinski definition) is 1. The molecule has 3 nitrogen and oxygen atoms in total. The van der Waals surface area contributed by atoms with E-state index in [2.05, 4.69) is 29.7 Å². The van der Waals surface area contributed by atoms with Gasteiger partial charge < -0.3 is 10.1 Å². The van der Waals surface area contributed by atoms with Gasteiger partial charge in [-0.1, -0.05) is 30.3 Å². The lowest BCUT2D eigenvalue weighted by molar-refractivity contribution is 0.0228. The molecule has 0 aliphatic carbocycles. The van der Waals surface area contributed by atoms with Gasteiger partial charge in [0.05, 0.1) is 18.8 Å². The molecule has 87 valence electrons. The van der Waals surface area contributed by atoms with Crippen molar-refractivity contribution in [2.45, 2.75) is 25.7 Å². The van der Waals surface area contributed by atoms with Crippen LogP contribution in [0.4, 0.5) is 0 Å². The Labute approximate surface area is 97.2 Å². The van der Waals surface area contributed by atoms with E-state index in [4.69, 9.17) is 4.74 Å². The van der Waals surface area contributed by atoms with Gasteiger partial charge in [-0.25, -0.2) is 5.32 Å². The number of piperazine rings is 1. The average Bonchev–Trinajstić information content (AvgIpc) is 2.38. The Kier molecular flexibility index (Phi) is 4.34. The first-order chi connectivity index (χ1) is 7.86. The highest BCUT2D eigenvalue weighted by Crippen LogP contribution is 2.07. The van der Waals surface area contributed by atoms with E-state index in [1.165, 1.54) is 5.56 Å². The summed E-state index contributed by atoms with van der Waals surface area (Å²) in [7, 11) is 0. The van der Waals surface area contributed by atoms with Crippen molar-refractivity contribution in [2.24, 2.45) is 0 Å². The van der Waals surface area contributed by atoms with Crippen molar-refractivity contribution in [3.63, 3.8) is 0 Å². The summed E-state index contributed by atoms with van der Waals surface area (Å²) in [6, 6.07) is 10.6. The summed E-state index contributed by atoms with van der Waals surface area (Å²) in [5.74, 6) is 0. The second-order valence-corrected chi connectivity index (χ2v) is 4.18. The van der Waals surface area contributed by atoms with Crippen molar-refractivity contribution in [1.82, 2.24) is 10.6 Å². The smallest absolute Gasteiger partial charge is 0.0733 e. The summed E-state index contributed by atoms with van der Waals surface area (Å²) in [4.78, 5) is 0. The number of hydrogen-bond acceptors (Lipinski definition) is 2. The fourth-order valence-electron chi connectivity index (χ4n) is 1.85. The molecule has 2 rings (SSSR count). The summed E-state index contributed by atoms with van der Waals surface area (Å²) in [6.07, 6.45) is 0.188. The normalized spacial score (nSPS) is 22.9. The SMILES string of the molecule is CC(OCc1ccccc1)C1CNCC[N]1. The molecule has 3 heteroatoms. The molecule has 1 saturated heterocycles. The van der Waals surface area contributed by atoms with Gasteiger partial charge in [0.15, 0.2) is 0 Å². The Balaban J connectivity index is 1.76. The zero-order valence-electron chi connectivity index (χ0n) is 9.73. The largest absolute Gasteiger partial charge is 0.372 e. The minimum Gasteiger partial charge on any atom is -0.372 e. The molecule has 1 aromatic carbocycles. The lowest BCUT2D eigenvalue weighted by Gasteiger charge is -2.28. The monoisotopic (exact) mass is 219 g/mol. The Morgan fingerprint density at radius 2 is 2.25 bits per heavy atom. The van der Waals surface area contributed by atoms with Crippen molar-refractivity contribution in [3.05, 3.63) is 35.9 Å². The lowest BCUT2D eigenvalue weighted by atomic mass is 10.1. The standard InChI is InChI=1S/C13H19N2O/c1-11(13-9-14-7-8-15-13)16-10-12-5-3-2-4-6-12/h2-6,11,13-14H,7-10H2,1H3. The van der Waals surface area contributed by atoms with Crippen LogP contribution in [0.25, 0.3) is 0 Å². The van der Waals surface area contributed by atoms with Crippen LogP contribution in [0.3, 0.4) is 0 Å². The second-order valence-electron chi connectivity index (χ2n) is 4.18. The Hall–Kier alpha value is -0.900. The minimum absolute atomic E-state index is 0.188. The maximum Gasteiger partial charge on any atom is 0.0733 e. The molecule has 2 unspecified atom stereocenters. The van der Waals surface area contributed by atoms with E-state index in [-0.39, 0.29) is 6.10 Å². The van der Waals surface area contributed by atoms with Crippen LogP contribution in [0, 0.1) is 0 Å². The molecule has 1 heterocycles. The molecular formula is C13H19N2O. The Morgan fingerprint density at radius 1 is 1.44 bits per heavy atom. The number of rotatable bonds is 4. The molecule has 0 amide bonds. The van der Waals surface area contributed by atoms with Crippen molar-refractivity contribution in [3.8, 4) is 0 Å². The first kappa shape index (κ1) is 11.6. The lowest BCUT2D eigenvalue weighted by Crippen LogP contribution is -2.49. The highest BCUT2D eigenvalue weighted by atomic mass is 16.5. The quantitative estimate of drug-likeness (QED) is 0.825. The molecule has 0 bridgehead atoms. The molecule has 1 aliphatic heterocycles. The summed E-state index contributed by atoms with van der Waals surface area (Å²) < 4.78 is 5.83. The zero-order valence-corrected chi connectivity index (χ0v) is 9.73. The van der Waals surface area contributed by atoms with Gasteiger partial charge in [-0.05, 0) is 12.5 Å². The highest BCUT2D eigenvalue weighted by Gasteiger charge is 2.20. The Morgan fingerprint density at radius 3 is 2.94 bits per heavy atom. The topological polar surface area (TPSA) is 35.4 Å². The Bertz CT molecular complexity index is 296. The highest BCUT2D eigenvalue weighted by molar-refractivity contribution is 5.13. The van der Waals surface area contributed by atoms with E-state index in [1.807, 2.05) is 18.2 Å². The van der Waals surface area contributed by atoms with Crippen LogP contribution in [-0.4, -0.2) is 31.8 Å². The van der Waals surface area contributed by atoms with Gasteiger partial charge in [0, 0.05) is 19.6 Å². The molecule has 16 heavy (non-hydrogen) atoms. The molecular weight excluding hydrogens is 200 g/mol. The predicted molar refractivity (Wildman–Crippen MR) is 64.4 cm³/mol. The summed E-state index contributed by atoms with van der Waals surface area (Å²) in [6.45, 7) is 5.62. The van der Waals surface area contributed by atoms with E-state index < -0.39 is 0 Å². The van der Waals surface area contributed by atoms with Gasteiger partial charge in [-0.3, -0.25) is 0 Å². The van der Waals surface area contributed by atoms with Crippen LogP contribution in [0.1, 0.15) is 12.5 Å². The molecule has 0 spiro atoms. The van der Waals surface area contributed by atoms with Gasteiger partial charge in [-0.15, -0.1) is 0 Å². The van der Waals surface area contributed by atoms with Gasteiger partial charge in [0.2, 0.25) is 0 Å². The molecule has 1 N–H and O–H groups in total. The molecule has 0 saturated carbocycles. The number of ether oxygens (including phenoxy) is 1. The van der Waals surface area contributed by atoms with E-state index >= 15 is 0 Å². The van der Waals surface area contributed by atoms with Crippen LogP contribution < -0.4 is 10.6 Å². The van der Waals surface area contributed by atoms with Crippen molar-refractivity contribution in [1.29, 1.82) is 0 Å². The van der Waals surface area contributed by atoms with E-state index in [1.54, 1.807) is 0 Å². The fourth-order valence-corrected chi connectivity index (χ4v) is 1.85. The third-order valence-corrected chi connectivity index (χ3v) is 2.90. The number of nitrogens with one attached hydrogen (secondary N) is 1. The van der Waals surface area contributed by atoms with Crippen LogP contribution in [0.2, 0.25) is 0 Å². The van der Waals surface area contributed by atoms with Gasteiger partial charge >= 0.3 is 0 Å². The minimum atomic E-state index is 0.188. The van der Waals surface area contributed by atoms with Crippen molar-refractivity contribution in [2.75, 3.05) is 19.6 Å². The first-order valence-electron chi connectivity index (χ1n) is 5.89. The second kappa shape index (κ2) is 5.99. The maximum atomic E-state index is 5.83. The van der Waals surface area contributed by atoms with Gasteiger partial charge in [-0.2, -0.15) is 0 Å². The predicted octanol–water partition coefficient (Wildman–Crippen LogP) is 1.17. The summed E-state index contributed by atoms with van der Waals surface area (Å²) in [5, 5.41) is 7.89. The van der Waals surface area contributed by atoms with Crippen molar-refractivity contribution >= 4 is 0 Å². The van der Waals surface area contributed by atoms with Crippen molar-refractivity contribution < 1.29 is 4.74 Å². The van der Waals surface area contributed by atoms with Crippen LogP contribution in [0.5, 0.6) is 0 Å². The summed E-state index contributed by atoms with van der Waals surface area (Å²) >= 11 is 0. The van der Waals surface area contributed by atoms with Crippen LogP contribution >= 0.6 is 0 Å². The van der Waals surface area contributed by atoms with E-state index in [0.29, 0.717) is 12.6 Å². The third kappa shape index (κ3) is 3.30. The van der Waals surface area contributed by atoms with Gasteiger partial charge in [0.1, 0.15) is 0 Å².